The first kappa shape index (κ1) is 14.7. The Labute approximate surface area is 117 Å². The smallest absolute Gasteiger partial charge is 0.381 e. The largest absolute Gasteiger partial charge is 0.416 e. The van der Waals surface area contributed by atoms with Gasteiger partial charge in [-0.05, 0) is 43.0 Å². The average molecular weight is 280 g/mol. The third-order valence-corrected chi connectivity index (χ3v) is 3.13. The lowest BCUT2D eigenvalue weighted by molar-refractivity contribution is -0.137. The maximum Gasteiger partial charge on any atom is 0.416 e. The van der Waals surface area contributed by atoms with E-state index in [1.54, 1.807) is 0 Å². The monoisotopic (exact) mass is 280 g/mol. The molecule has 107 valence electrons. The molecular weight excluding hydrogens is 263 g/mol. The van der Waals surface area contributed by atoms with Crippen molar-refractivity contribution in [3.8, 4) is 0 Å². The van der Waals surface area contributed by atoms with Crippen molar-refractivity contribution in [3.63, 3.8) is 0 Å². The van der Waals surface area contributed by atoms with Crippen molar-refractivity contribution in [2.45, 2.75) is 26.6 Å². The van der Waals surface area contributed by atoms with Gasteiger partial charge in [0.15, 0.2) is 0 Å². The highest BCUT2D eigenvalue weighted by atomic mass is 19.4. The molecule has 0 spiro atoms. The lowest BCUT2D eigenvalue weighted by atomic mass is 9.95. The van der Waals surface area contributed by atoms with Gasteiger partial charge in [0.05, 0.1) is 5.56 Å². The molecule has 1 unspecified atom stereocenters. The zero-order valence-electron chi connectivity index (χ0n) is 11.5. The molecule has 1 aromatic carbocycles. The molecule has 0 heterocycles. The first-order valence-electron chi connectivity index (χ1n) is 6.49. The summed E-state index contributed by atoms with van der Waals surface area (Å²) < 4.78 is 37.3. The SMILES string of the molecule is CC1=CC(NCc2ccc(C(F)(F)F)cc2)=CC(C)[CH]1. The van der Waals surface area contributed by atoms with Gasteiger partial charge in [0.25, 0.3) is 0 Å². The summed E-state index contributed by atoms with van der Waals surface area (Å²) in [6, 6.07) is 5.24. The van der Waals surface area contributed by atoms with Gasteiger partial charge in [-0.15, -0.1) is 0 Å². The summed E-state index contributed by atoms with van der Waals surface area (Å²) in [7, 11) is 0. The van der Waals surface area contributed by atoms with Gasteiger partial charge >= 0.3 is 6.18 Å². The Bertz CT molecular complexity index is 524. The predicted molar refractivity (Wildman–Crippen MR) is 73.6 cm³/mol. The number of allylic oxidation sites excluding steroid dienone is 3. The van der Waals surface area contributed by atoms with Gasteiger partial charge in [0.1, 0.15) is 0 Å². The van der Waals surface area contributed by atoms with Crippen LogP contribution in [0.4, 0.5) is 13.2 Å². The molecule has 1 N–H and O–H groups in total. The second-order valence-electron chi connectivity index (χ2n) is 5.08. The van der Waals surface area contributed by atoms with E-state index in [-0.39, 0.29) is 0 Å². The Morgan fingerprint density at radius 3 is 2.35 bits per heavy atom. The minimum absolute atomic E-state index is 0.370. The zero-order chi connectivity index (χ0) is 14.8. The van der Waals surface area contributed by atoms with E-state index in [1.807, 2.05) is 13.0 Å². The van der Waals surface area contributed by atoms with Crippen LogP contribution in [-0.4, -0.2) is 0 Å². The highest BCUT2D eigenvalue weighted by Gasteiger charge is 2.29. The molecule has 20 heavy (non-hydrogen) atoms. The normalized spacial score (nSPS) is 19.4. The Kier molecular flexibility index (Phi) is 4.21. The first-order valence-corrected chi connectivity index (χ1v) is 6.49. The molecule has 0 saturated heterocycles. The van der Waals surface area contributed by atoms with Crippen molar-refractivity contribution in [3.05, 3.63) is 65.2 Å². The van der Waals surface area contributed by atoms with Crippen molar-refractivity contribution in [2.24, 2.45) is 5.92 Å². The Hall–Kier alpha value is -1.71. The van der Waals surface area contributed by atoms with E-state index in [2.05, 4.69) is 24.7 Å². The highest BCUT2D eigenvalue weighted by Crippen LogP contribution is 2.29. The van der Waals surface area contributed by atoms with Gasteiger partial charge < -0.3 is 5.32 Å². The van der Waals surface area contributed by atoms with Gasteiger partial charge in [0.2, 0.25) is 0 Å². The quantitative estimate of drug-likeness (QED) is 0.860. The minimum Gasteiger partial charge on any atom is -0.381 e. The Morgan fingerprint density at radius 2 is 1.80 bits per heavy atom. The van der Waals surface area contributed by atoms with Crippen LogP contribution in [0, 0.1) is 12.3 Å². The lowest BCUT2D eigenvalue weighted by Crippen LogP contribution is -2.15. The molecule has 1 radical (unpaired) electrons. The summed E-state index contributed by atoms with van der Waals surface area (Å²) in [6.07, 6.45) is 2.01. The topological polar surface area (TPSA) is 12.0 Å². The van der Waals surface area contributed by atoms with Crippen molar-refractivity contribution >= 4 is 0 Å². The molecule has 1 nitrogen and oxygen atoms in total. The second-order valence-corrected chi connectivity index (χ2v) is 5.08. The Morgan fingerprint density at radius 1 is 1.15 bits per heavy atom. The molecule has 1 atom stereocenters. The number of benzene rings is 1. The van der Waals surface area contributed by atoms with Gasteiger partial charge in [-0.2, -0.15) is 13.2 Å². The summed E-state index contributed by atoms with van der Waals surface area (Å²) in [5.41, 5.74) is 2.41. The molecule has 1 aliphatic rings. The maximum absolute atomic E-state index is 12.4. The molecule has 4 heteroatoms. The van der Waals surface area contributed by atoms with E-state index >= 15 is 0 Å². The summed E-state index contributed by atoms with van der Waals surface area (Å²) in [5.74, 6) is 0.370. The van der Waals surface area contributed by atoms with Gasteiger partial charge in [-0.3, -0.25) is 0 Å². The van der Waals surface area contributed by atoms with Crippen LogP contribution in [0.1, 0.15) is 25.0 Å². The van der Waals surface area contributed by atoms with Gasteiger partial charge in [0, 0.05) is 12.2 Å². The van der Waals surface area contributed by atoms with E-state index in [0.717, 1.165) is 23.4 Å². The third kappa shape index (κ3) is 3.89. The number of halogens is 3. The van der Waals surface area contributed by atoms with Crippen LogP contribution in [0.25, 0.3) is 0 Å². The third-order valence-electron chi connectivity index (χ3n) is 3.13. The Balaban J connectivity index is 1.98. The number of alkyl halides is 3. The fraction of sp³-hybridized carbons (Fsp3) is 0.312. The van der Waals surface area contributed by atoms with Crippen molar-refractivity contribution in [2.75, 3.05) is 0 Å². The fourth-order valence-electron chi connectivity index (χ4n) is 2.21. The van der Waals surface area contributed by atoms with Crippen LogP contribution in [-0.2, 0) is 12.7 Å². The zero-order valence-corrected chi connectivity index (χ0v) is 11.5. The molecule has 0 amide bonds. The summed E-state index contributed by atoms with van der Waals surface area (Å²) in [6.45, 7) is 4.64. The van der Waals surface area contributed by atoms with Crippen molar-refractivity contribution in [1.82, 2.24) is 5.32 Å². The number of nitrogens with one attached hydrogen (secondary N) is 1. The molecule has 0 aromatic heterocycles. The lowest BCUT2D eigenvalue weighted by Gasteiger charge is -2.17. The van der Waals surface area contributed by atoms with Gasteiger partial charge in [-0.1, -0.05) is 30.7 Å². The number of hydrogen-bond acceptors (Lipinski definition) is 1. The standard InChI is InChI=1S/C16H17F3N/c1-11-7-12(2)9-15(8-11)20-10-13-3-5-14(6-4-13)16(17,18)19/h3-9,11,20H,10H2,1-2H3. The molecule has 0 saturated carbocycles. The van der Waals surface area contributed by atoms with Crippen LogP contribution < -0.4 is 5.32 Å². The van der Waals surface area contributed by atoms with Gasteiger partial charge in [-0.25, -0.2) is 0 Å². The average Bonchev–Trinajstić information content (AvgIpc) is 2.35. The molecule has 2 rings (SSSR count). The summed E-state index contributed by atoms with van der Waals surface area (Å²) >= 11 is 0. The molecule has 0 fully saturated rings. The van der Waals surface area contributed by atoms with E-state index in [4.69, 9.17) is 0 Å². The maximum atomic E-state index is 12.4. The van der Waals surface area contributed by atoms with Crippen molar-refractivity contribution in [1.29, 1.82) is 0 Å². The van der Waals surface area contributed by atoms with Crippen LogP contribution >= 0.6 is 0 Å². The van der Waals surface area contributed by atoms with Crippen molar-refractivity contribution < 1.29 is 13.2 Å². The number of hydrogen-bond donors (Lipinski definition) is 1. The number of rotatable bonds is 3. The van der Waals surface area contributed by atoms with Crippen LogP contribution in [0.15, 0.2) is 47.7 Å². The minimum atomic E-state index is -4.27. The van der Waals surface area contributed by atoms with E-state index < -0.39 is 11.7 Å². The fourth-order valence-corrected chi connectivity index (χ4v) is 2.21. The molecule has 0 aliphatic heterocycles. The van der Waals surface area contributed by atoms with Crippen LogP contribution in [0.2, 0.25) is 0 Å². The van der Waals surface area contributed by atoms with E-state index in [9.17, 15) is 13.2 Å². The highest BCUT2D eigenvalue weighted by molar-refractivity contribution is 5.33. The van der Waals surface area contributed by atoms with Crippen LogP contribution in [0.5, 0.6) is 0 Å². The van der Waals surface area contributed by atoms with E-state index in [1.165, 1.54) is 17.7 Å². The molecule has 0 bridgehead atoms. The first-order chi connectivity index (χ1) is 9.34. The second kappa shape index (κ2) is 5.73. The predicted octanol–water partition coefficient (Wildman–Crippen LogP) is 4.48. The molecule has 1 aliphatic carbocycles. The summed E-state index contributed by atoms with van der Waals surface area (Å²) in [5, 5.41) is 3.24. The van der Waals surface area contributed by atoms with Crippen LogP contribution in [0.3, 0.4) is 0 Å². The molecule has 1 aromatic rings. The van der Waals surface area contributed by atoms with E-state index in [0.29, 0.717) is 12.5 Å². The summed E-state index contributed by atoms with van der Waals surface area (Å²) in [4.78, 5) is 0. The molecular formula is C16H17F3N.